The third kappa shape index (κ3) is 2.20. The highest BCUT2D eigenvalue weighted by molar-refractivity contribution is 5.56. The first kappa shape index (κ1) is 13.2. The molecule has 0 radical (unpaired) electrons. The number of pyridine rings is 1. The fourth-order valence-electron chi connectivity index (χ4n) is 2.70. The maximum atomic E-state index is 4.81. The molecule has 0 aliphatic carbocycles. The number of aromatic nitrogens is 3. The lowest BCUT2D eigenvalue weighted by Crippen LogP contribution is -2.06. The molecule has 3 rings (SSSR count). The Kier molecular flexibility index (Phi) is 3.49. The van der Waals surface area contributed by atoms with Crippen molar-refractivity contribution < 1.29 is 0 Å². The van der Waals surface area contributed by atoms with E-state index in [1.807, 2.05) is 12.3 Å². The van der Waals surface area contributed by atoms with Gasteiger partial charge >= 0.3 is 0 Å². The Bertz CT molecular complexity index is 634. The maximum Gasteiger partial charge on any atom is 0.178 e. The van der Waals surface area contributed by atoms with E-state index >= 15 is 0 Å². The second-order valence-electron chi connectivity index (χ2n) is 5.48. The molecule has 0 atom stereocenters. The van der Waals surface area contributed by atoms with Crippen molar-refractivity contribution in [1.82, 2.24) is 20.3 Å². The van der Waals surface area contributed by atoms with Gasteiger partial charge in [0.25, 0.3) is 0 Å². The average Bonchev–Trinajstić information content (AvgIpc) is 2.94. The van der Waals surface area contributed by atoms with Crippen LogP contribution in [0.1, 0.15) is 49.2 Å². The summed E-state index contributed by atoms with van der Waals surface area (Å²) in [5.41, 5.74) is 5.69. The Labute approximate surface area is 119 Å². The predicted molar refractivity (Wildman–Crippen MR) is 79.3 cm³/mol. The summed E-state index contributed by atoms with van der Waals surface area (Å²) in [4.78, 5) is 14.0. The SMILES string of the molecule is CCc1cccnc1-c1nc2c(c(C(C)C)n1)CNC2. The third-order valence-electron chi connectivity index (χ3n) is 3.75. The highest BCUT2D eigenvalue weighted by Gasteiger charge is 2.22. The molecule has 2 aromatic rings. The lowest BCUT2D eigenvalue weighted by molar-refractivity contribution is 0.746. The molecular weight excluding hydrogens is 248 g/mol. The summed E-state index contributed by atoms with van der Waals surface area (Å²) >= 11 is 0. The molecule has 0 saturated carbocycles. The van der Waals surface area contributed by atoms with Crippen molar-refractivity contribution >= 4 is 0 Å². The zero-order chi connectivity index (χ0) is 14.1. The van der Waals surface area contributed by atoms with Crippen molar-refractivity contribution in [1.29, 1.82) is 0 Å². The van der Waals surface area contributed by atoms with Crippen LogP contribution >= 0.6 is 0 Å². The Morgan fingerprint density at radius 3 is 2.85 bits per heavy atom. The Morgan fingerprint density at radius 2 is 2.10 bits per heavy atom. The summed E-state index contributed by atoms with van der Waals surface area (Å²) in [6, 6.07) is 4.08. The van der Waals surface area contributed by atoms with Gasteiger partial charge in [-0.1, -0.05) is 26.8 Å². The zero-order valence-electron chi connectivity index (χ0n) is 12.3. The molecule has 20 heavy (non-hydrogen) atoms. The largest absolute Gasteiger partial charge is 0.307 e. The quantitative estimate of drug-likeness (QED) is 0.930. The molecule has 1 aliphatic heterocycles. The molecular formula is C16H20N4. The van der Waals surface area contributed by atoms with E-state index in [-0.39, 0.29) is 0 Å². The van der Waals surface area contributed by atoms with Gasteiger partial charge in [-0.15, -0.1) is 0 Å². The highest BCUT2D eigenvalue weighted by Crippen LogP contribution is 2.27. The van der Waals surface area contributed by atoms with Crippen molar-refractivity contribution in [3.8, 4) is 11.5 Å². The summed E-state index contributed by atoms with van der Waals surface area (Å²) in [6.45, 7) is 8.22. The van der Waals surface area contributed by atoms with Crippen molar-refractivity contribution in [3.63, 3.8) is 0 Å². The topological polar surface area (TPSA) is 50.7 Å². The summed E-state index contributed by atoms with van der Waals surface area (Å²) in [7, 11) is 0. The number of rotatable bonds is 3. The monoisotopic (exact) mass is 268 g/mol. The van der Waals surface area contributed by atoms with E-state index in [4.69, 9.17) is 9.97 Å². The highest BCUT2D eigenvalue weighted by atomic mass is 15.0. The minimum absolute atomic E-state index is 0.402. The maximum absolute atomic E-state index is 4.81. The normalized spacial score (nSPS) is 13.8. The van der Waals surface area contributed by atoms with E-state index in [1.54, 1.807) is 0 Å². The lowest BCUT2D eigenvalue weighted by Gasteiger charge is -2.13. The first-order chi connectivity index (χ1) is 9.70. The van der Waals surface area contributed by atoms with E-state index in [0.29, 0.717) is 5.92 Å². The average molecular weight is 268 g/mol. The summed E-state index contributed by atoms with van der Waals surface area (Å²) in [6.07, 6.45) is 2.76. The van der Waals surface area contributed by atoms with Crippen LogP contribution in [-0.2, 0) is 19.5 Å². The van der Waals surface area contributed by atoms with E-state index in [2.05, 4.69) is 37.1 Å². The molecule has 1 N–H and O–H groups in total. The van der Waals surface area contributed by atoms with Crippen LogP contribution in [-0.4, -0.2) is 15.0 Å². The molecule has 0 spiro atoms. The molecule has 0 amide bonds. The van der Waals surface area contributed by atoms with Gasteiger partial charge < -0.3 is 5.32 Å². The van der Waals surface area contributed by atoms with Crippen LogP contribution in [0.5, 0.6) is 0 Å². The number of fused-ring (bicyclic) bond motifs is 1. The first-order valence-electron chi connectivity index (χ1n) is 7.25. The first-order valence-corrected chi connectivity index (χ1v) is 7.25. The fraction of sp³-hybridized carbons (Fsp3) is 0.438. The van der Waals surface area contributed by atoms with Gasteiger partial charge in [-0.3, -0.25) is 4.98 Å². The van der Waals surface area contributed by atoms with Crippen molar-refractivity contribution in [2.45, 2.75) is 46.2 Å². The summed E-state index contributed by atoms with van der Waals surface area (Å²) < 4.78 is 0. The summed E-state index contributed by atoms with van der Waals surface area (Å²) in [5, 5.41) is 3.37. The molecule has 4 heteroatoms. The van der Waals surface area contributed by atoms with Crippen LogP contribution in [0, 0.1) is 0 Å². The van der Waals surface area contributed by atoms with Gasteiger partial charge in [0.05, 0.1) is 11.4 Å². The van der Waals surface area contributed by atoms with Crippen LogP contribution in [0.4, 0.5) is 0 Å². The van der Waals surface area contributed by atoms with Gasteiger partial charge in [0.15, 0.2) is 5.82 Å². The smallest absolute Gasteiger partial charge is 0.178 e. The molecule has 0 unspecified atom stereocenters. The van der Waals surface area contributed by atoms with Crippen LogP contribution in [0.2, 0.25) is 0 Å². The van der Waals surface area contributed by atoms with Crippen LogP contribution < -0.4 is 5.32 Å². The molecule has 3 heterocycles. The van der Waals surface area contributed by atoms with Gasteiger partial charge in [-0.25, -0.2) is 9.97 Å². The number of nitrogens with one attached hydrogen (secondary N) is 1. The molecule has 4 nitrogen and oxygen atoms in total. The van der Waals surface area contributed by atoms with Crippen LogP contribution in [0.15, 0.2) is 18.3 Å². The van der Waals surface area contributed by atoms with Crippen LogP contribution in [0.25, 0.3) is 11.5 Å². The second kappa shape index (κ2) is 5.29. The molecule has 2 aromatic heterocycles. The number of hydrogen-bond donors (Lipinski definition) is 1. The molecule has 0 saturated heterocycles. The van der Waals surface area contributed by atoms with Crippen molar-refractivity contribution in [2.75, 3.05) is 0 Å². The molecule has 1 aliphatic rings. The minimum atomic E-state index is 0.402. The number of hydrogen-bond acceptors (Lipinski definition) is 4. The van der Waals surface area contributed by atoms with Gasteiger partial charge in [0.1, 0.15) is 5.69 Å². The molecule has 0 bridgehead atoms. The van der Waals surface area contributed by atoms with E-state index in [9.17, 15) is 0 Å². The lowest BCUT2D eigenvalue weighted by atomic mass is 10.0. The molecule has 104 valence electrons. The van der Waals surface area contributed by atoms with Crippen LogP contribution in [0.3, 0.4) is 0 Å². The third-order valence-corrected chi connectivity index (χ3v) is 3.75. The Balaban J connectivity index is 2.17. The number of nitrogens with zero attached hydrogens (tertiary/aromatic N) is 3. The van der Waals surface area contributed by atoms with Gasteiger partial charge in [0, 0.05) is 24.8 Å². The number of aryl methyl sites for hydroxylation is 1. The van der Waals surface area contributed by atoms with E-state index < -0.39 is 0 Å². The Morgan fingerprint density at radius 1 is 1.25 bits per heavy atom. The van der Waals surface area contributed by atoms with Gasteiger partial charge in [0.2, 0.25) is 0 Å². The second-order valence-corrected chi connectivity index (χ2v) is 5.48. The fourth-order valence-corrected chi connectivity index (χ4v) is 2.70. The van der Waals surface area contributed by atoms with Gasteiger partial charge in [-0.2, -0.15) is 0 Å². The predicted octanol–water partition coefficient (Wildman–Crippen LogP) is 2.83. The van der Waals surface area contributed by atoms with E-state index in [1.165, 1.54) is 11.1 Å². The molecule has 0 aromatic carbocycles. The van der Waals surface area contributed by atoms with Crippen molar-refractivity contribution in [3.05, 3.63) is 40.8 Å². The van der Waals surface area contributed by atoms with Gasteiger partial charge in [-0.05, 0) is 24.0 Å². The minimum Gasteiger partial charge on any atom is -0.307 e. The zero-order valence-corrected chi connectivity index (χ0v) is 12.3. The van der Waals surface area contributed by atoms with E-state index in [0.717, 1.165) is 42.4 Å². The Hall–Kier alpha value is -1.81. The summed E-state index contributed by atoms with van der Waals surface area (Å²) in [5.74, 6) is 1.17. The molecule has 0 fully saturated rings. The van der Waals surface area contributed by atoms with Crippen molar-refractivity contribution in [2.24, 2.45) is 0 Å². The standard InChI is InChI=1S/C16H20N4/c1-4-11-6-5-7-18-15(11)16-19-13-9-17-8-12(13)14(20-16)10(2)3/h5-7,10,17H,4,8-9H2,1-3H3.